The summed E-state index contributed by atoms with van der Waals surface area (Å²) < 4.78 is 0. The maximum absolute atomic E-state index is 12.9. The molecule has 0 saturated heterocycles. The van der Waals surface area contributed by atoms with Crippen LogP contribution in [0.15, 0.2) is 65.2 Å². The molecule has 0 bridgehead atoms. The fourth-order valence-electron chi connectivity index (χ4n) is 2.78. The monoisotopic (exact) mass is 358 g/mol. The smallest absolute Gasteiger partial charge is 0.318 e. The van der Waals surface area contributed by atoms with Crippen LogP contribution in [0.3, 0.4) is 0 Å². The minimum absolute atomic E-state index is 0.0565. The number of anilines is 1. The highest BCUT2D eigenvalue weighted by Gasteiger charge is 2.21. The molecule has 3 nitrogen and oxygen atoms in total. The Balaban J connectivity index is 2.11. The largest absolute Gasteiger partial charge is 0.322 e. The lowest BCUT2D eigenvalue weighted by atomic mass is 10.1. The zero-order valence-electron chi connectivity index (χ0n) is 15.0. The molecule has 1 atom stereocenters. The summed E-state index contributed by atoms with van der Waals surface area (Å²) in [5, 5.41) is 3.73. The van der Waals surface area contributed by atoms with E-state index in [1.54, 1.807) is 0 Å². The number of amides is 2. The zero-order chi connectivity index (χ0) is 18.1. The summed E-state index contributed by atoms with van der Waals surface area (Å²) in [5.74, 6) is 0. The number of urea groups is 1. The standard InChI is InChI=1S/C21H27ClN2O/c1-3-4-9-17(2)24(16-18-10-8-11-19(22)15-14-18)21(25)23-20-12-6-5-7-13-20/h5-8,11-15,17H,3-4,9-10,16H2,1-2H3,(H,23,25). The van der Waals surface area contributed by atoms with E-state index in [9.17, 15) is 4.79 Å². The number of rotatable bonds is 7. The van der Waals surface area contributed by atoms with E-state index in [0.29, 0.717) is 11.6 Å². The quantitative estimate of drug-likeness (QED) is 0.626. The lowest BCUT2D eigenvalue weighted by Crippen LogP contribution is -2.42. The Morgan fingerprint density at radius 2 is 2.04 bits per heavy atom. The minimum atomic E-state index is -0.0565. The summed E-state index contributed by atoms with van der Waals surface area (Å²) >= 11 is 6.06. The van der Waals surface area contributed by atoms with Crippen molar-refractivity contribution in [3.05, 3.63) is 65.2 Å². The third kappa shape index (κ3) is 6.43. The maximum atomic E-state index is 12.9. The van der Waals surface area contributed by atoms with Crippen molar-refractivity contribution in [2.75, 3.05) is 11.9 Å². The van der Waals surface area contributed by atoms with Gasteiger partial charge in [0.25, 0.3) is 0 Å². The number of hydrogen-bond acceptors (Lipinski definition) is 1. The molecular weight excluding hydrogens is 332 g/mol. The Morgan fingerprint density at radius 1 is 1.28 bits per heavy atom. The summed E-state index contributed by atoms with van der Waals surface area (Å²) in [7, 11) is 0. The molecule has 0 saturated carbocycles. The second-order valence-corrected chi connectivity index (χ2v) is 6.83. The van der Waals surface area contributed by atoms with Crippen LogP contribution < -0.4 is 5.32 Å². The molecule has 134 valence electrons. The van der Waals surface area contributed by atoms with Crippen molar-refractivity contribution in [2.24, 2.45) is 0 Å². The SMILES string of the molecule is CCCCC(C)N(CC1=CC=C(Cl)C=CC1)C(=O)Nc1ccccc1. The van der Waals surface area contributed by atoms with Crippen LogP contribution in [0.4, 0.5) is 10.5 Å². The summed E-state index contributed by atoms with van der Waals surface area (Å²) in [4.78, 5) is 14.8. The van der Waals surface area contributed by atoms with Crippen LogP contribution in [-0.2, 0) is 0 Å². The number of carbonyl (C=O) groups is 1. The van der Waals surface area contributed by atoms with Gasteiger partial charge in [-0.2, -0.15) is 0 Å². The van der Waals surface area contributed by atoms with E-state index in [4.69, 9.17) is 11.6 Å². The van der Waals surface area contributed by atoms with Gasteiger partial charge in [0.1, 0.15) is 0 Å². The highest BCUT2D eigenvalue weighted by Crippen LogP contribution is 2.19. The lowest BCUT2D eigenvalue weighted by molar-refractivity contribution is 0.194. The summed E-state index contributed by atoms with van der Waals surface area (Å²) in [6.45, 7) is 4.90. The Labute approximate surface area is 156 Å². The van der Waals surface area contributed by atoms with Crippen molar-refractivity contribution in [2.45, 2.75) is 45.6 Å². The fourth-order valence-corrected chi connectivity index (χ4v) is 2.93. The van der Waals surface area contributed by atoms with E-state index in [1.807, 2.05) is 59.5 Å². The number of halogens is 1. The summed E-state index contributed by atoms with van der Waals surface area (Å²) in [6.07, 6.45) is 11.9. The fraction of sp³-hybridized carbons (Fsp3) is 0.381. The summed E-state index contributed by atoms with van der Waals surface area (Å²) in [6, 6.07) is 9.72. The average molecular weight is 359 g/mol. The van der Waals surface area contributed by atoms with E-state index >= 15 is 0 Å². The molecule has 1 N–H and O–H groups in total. The first-order valence-electron chi connectivity index (χ1n) is 8.94. The number of unbranched alkanes of at least 4 members (excludes halogenated alkanes) is 1. The third-order valence-electron chi connectivity index (χ3n) is 4.30. The molecule has 0 aromatic heterocycles. The van der Waals surface area contributed by atoms with Crippen molar-refractivity contribution < 1.29 is 4.79 Å². The van der Waals surface area contributed by atoms with Crippen molar-refractivity contribution in [1.82, 2.24) is 4.90 Å². The van der Waals surface area contributed by atoms with Crippen LogP contribution in [0.1, 0.15) is 39.5 Å². The number of allylic oxidation sites excluding steroid dienone is 5. The van der Waals surface area contributed by atoms with Crippen LogP contribution >= 0.6 is 11.6 Å². The molecule has 2 rings (SSSR count). The summed E-state index contributed by atoms with van der Waals surface area (Å²) in [5.41, 5.74) is 2.00. The second kappa shape index (κ2) is 10.1. The van der Waals surface area contributed by atoms with E-state index in [1.165, 1.54) is 5.57 Å². The van der Waals surface area contributed by atoms with E-state index in [0.717, 1.165) is 31.4 Å². The molecule has 1 aromatic rings. The molecule has 0 spiro atoms. The van der Waals surface area contributed by atoms with E-state index in [2.05, 4.69) is 19.2 Å². The molecule has 1 aromatic carbocycles. The molecular formula is C21H27ClN2O. The number of nitrogens with zero attached hydrogens (tertiary/aromatic N) is 1. The Hall–Kier alpha value is -2.00. The van der Waals surface area contributed by atoms with Crippen molar-refractivity contribution >= 4 is 23.3 Å². The predicted molar refractivity (Wildman–Crippen MR) is 107 cm³/mol. The van der Waals surface area contributed by atoms with Gasteiger partial charge in [-0.15, -0.1) is 0 Å². The second-order valence-electron chi connectivity index (χ2n) is 6.40. The van der Waals surface area contributed by atoms with Gasteiger partial charge < -0.3 is 10.2 Å². The number of carbonyl (C=O) groups excluding carboxylic acids is 1. The van der Waals surface area contributed by atoms with Crippen LogP contribution in [0.2, 0.25) is 0 Å². The molecule has 1 unspecified atom stereocenters. The first-order chi connectivity index (χ1) is 12.1. The highest BCUT2D eigenvalue weighted by atomic mass is 35.5. The molecule has 1 aliphatic carbocycles. The van der Waals surface area contributed by atoms with Crippen LogP contribution in [0.25, 0.3) is 0 Å². The van der Waals surface area contributed by atoms with Gasteiger partial charge in [0.05, 0.1) is 0 Å². The lowest BCUT2D eigenvalue weighted by Gasteiger charge is -2.30. The van der Waals surface area contributed by atoms with Crippen LogP contribution in [0, 0.1) is 0 Å². The van der Waals surface area contributed by atoms with Crippen molar-refractivity contribution in [1.29, 1.82) is 0 Å². The van der Waals surface area contributed by atoms with Gasteiger partial charge in [-0.25, -0.2) is 4.79 Å². The number of para-hydroxylation sites is 1. The van der Waals surface area contributed by atoms with Gasteiger partial charge in [-0.1, -0.05) is 61.7 Å². The van der Waals surface area contributed by atoms with Gasteiger partial charge in [0.2, 0.25) is 0 Å². The van der Waals surface area contributed by atoms with Crippen LogP contribution in [0.5, 0.6) is 0 Å². The first-order valence-corrected chi connectivity index (χ1v) is 9.32. The third-order valence-corrected chi connectivity index (χ3v) is 4.55. The molecule has 0 fully saturated rings. The number of hydrogen-bond donors (Lipinski definition) is 1. The van der Waals surface area contributed by atoms with Gasteiger partial charge in [0, 0.05) is 23.3 Å². The predicted octanol–water partition coefficient (Wildman–Crippen LogP) is 6.11. The Kier molecular flexibility index (Phi) is 7.80. The normalized spacial score (nSPS) is 15.0. The maximum Gasteiger partial charge on any atom is 0.322 e. The molecule has 25 heavy (non-hydrogen) atoms. The molecule has 1 aliphatic rings. The molecule has 2 amide bonds. The first kappa shape index (κ1) is 19.3. The van der Waals surface area contributed by atoms with E-state index in [-0.39, 0.29) is 12.1 Å². The molecule has 0 heterocycles. The topological polar surface area (TPSA) is 32.3 Å². The van der Waals surface area contributed by atoms with Gasteiger partial charge in [0.15, 0.2) is 0 Å². The zero-order valence-corrected chi connectivity index (χ0v) is 15.8. The van der Waals surface area contributed by atoms with Crippen molar-refractivity contribution in [3.63, 3.8) is 0 Å². The molecule has 0 radical (unpaired) electrons. The van der Waals surface area contributed by atoms with Crippen LogP contribution in [-0.4, -0.2) is 23.5 Å². The van der Waals surface area contributed by atoms with Gasteiger partial charge >= 0.3 is 6.03 Å². The minimum Gasteiger partial charge on any atom is -0.318 e. The van der Waals surface area contributed by atoms with Gasteiger partial charge in [-0.3, -0.25) is 0 Å². The number of benzene rings is 1. The number of nitrogens with one attached hydrogen (secondary N) is 1. The van der Waals surface area contributed by atoms with E-state index < -0.39 is 0 Å². The Morgan fingerprint density at radius 3 is 2.76 bits per heavy atom. The average Bonchev–Trinajstić information content (AvgIpc) is 2.82. The molecule has 0 aliphatic heterocycles. The highest BCUT2D eigenvalue weighted by molar-refractivity contribution is 6.31. The molecule has 4 heteroatoms. The van der Waals surface area contributed by atoms with Crippen molar-refractivity contribution in [3.8, 4) is 0 Å². The van der Waals surface area contributed by atoms with Gasteiger partial charge in [-0.05, 0) is 49.6 Å². The Bertz CT molecular complexity index is 649.